The monoisotopic (exact) mass is 142 g/mol. The second kappa shape index (κ2) is 5.03. The summed E-state index contributed by atoms with van der Waals surface area (Å²) < 4.78 is 0. The average molecular weight is 142 g/mol. The van der Waals surface area contributed by atoms with Gasteiger partial charge in [-0.3, -0.25) is 0 Å². The van der Waals surface area contributed by atoms with Crippen molar-refractivity contribution in [1.29, 1.82) is 0 Å². The van der Waals surface area contributed by atoms with Crippen LogP contribution >= 0.6 is 0 Å². The first kappa shape index (κ1) is 9.21. The maximum atomic E-state index is 10.4. The fourth-order valence-corrected chi connectivity index (χ4v) is 0.812. The van der Waals surface area contributed by atoms with Crippen molar-refractivity contribution in [3.8, 4) is 0 Å². The summed E-state index contributed by atoms with van der Waals surface area (Å²) >= 11 is 0. The van der Waals surface area contributed by atoms with Gasteiger partial charge in [0.25, 0.3) is 0 Å². The summed E-state index contributed by atoms with van der Waals surface area (Å²) in [5.41, 5.74) is 0.546. The average Bonchev–Trinajstić information content (AvgIpc) is 1.87. The van der Waals surface area contributed by atoms with Crippen molar-refractivity contribution < 1.29 is 9.90 Å². The van der Waals surface area contributed by atoms with E-state index in [0.717, 1.165) is 12.8 Å². The molecule has 0 saturated carbocycles. The minimum atomic E-state index is -0.774. The summed E-state index contributed by atoms with van der Waals surface area (Å²) in [6.45, 7) is 3.92. The predicted molar refractivity (Wildman–Crippen MR) is 40.9 cm³/mol. The van der Waals surface area contributed by atoms with Crippen molar-refractivity contribution in [3.05, 3.63) is 11.6 Å². The van der Waals surface area contributed by atoms with Crippen LogP contribution in [0.15, 0.2) is 11.6 Å². The Hall–Kier alpha value is -0.790. The maximum Gasteiger partial charge on any atom is 0.331 e. The van der Waals surface area contributed by atoms with E-state index < -0.39 is 5.97 Å². The van der Waals surface area contributed by atoms with E-state index in [1.54, 1.807) is 6.08 Å². The molecule has 2 heteroatoms. The Balaban J connectivity index is 3.98. The van der Waals surface area contributed by atoms with Crippen LogP contribution in [0.1, 0.15) is 33.1 Å². The van der Waals surface area contributed by atoms with E-state index in [0.29, 0.717) is 12.0 Å². The first-order valence-electron chi connectivity index (χ1n) is 3.64. The molecule has 0 aliphatic carbocycles. The highest BCUT2D eigenvalue weighted by molar-refractivity contribution is 5.86. The van der Waals surface area contributed by atoms with E-state index in [4.69, 9.17) is 5.11 Å². The molecule has 2 nitrogen and oxygen atoms in total. The van der Waals surface area contributed by atoms with Crippen molar-refractivity contribution in [2.45, 2.75) is 33.1 Å². The van der Waals surface area contributed by atoms with Gasteiger partial charge in [0.15, 0.2) is 0 Å². The van der Waals surface area contributed by atoms with Gasteiger partial charge in [0, 0.05) is 5.57 Å². The van der Waals surface area contributed by atoms with E-state index in [9.17, 15) is 4.79 Å². The highest BCUT2D eigenvalue weighted by atomic mass is 16.4. The predicted octanol–water partition coefficient (Wildman–Crippen LogP) is 2.21. The lowest BCUT2D eigenvalue weighted by molar-refractivity contribution is -0.132. The van der Waals surface area contributed by atoms with Crippen LogP contribution in [0.25, 0.3) is 0 Å². The molecule has 0 spiro atoms. The van der Waals surface area contributed by atoms with Crippen molar-refractivity contribution in [2.24, 2.45) is 0 Å². The molecular weight excluding hydrogens is 128 g/mol. The van der Waals surface area contributed by atoms with Gasteiger partial charge >= 0.3 is 5.97 Å². The highest BCUT2D eigenvalue weighted by Gasteiger charge is 2.02. The first-order chi connectivity index (χ1) is 4.72. The molecule has 0 aliphatic heterocycles. The fourth-order valence-electron chi connectivity index (χ4n) is 0.812. The summed E-state index contributed by atoms with van der Waals surface area (Å²) in [7, 11) is 0. The molecule has 0 amide bonds. The number of carboxylic acid groups (broad SMARTS) is 1. The molecule has 0 aliphatic rings. The quantitative estimate of drug-likeness (QED) is 0.611. The molecule has 1 N–H and O–H groups in total. The van der Waals surface area contributed by atoms with E-state index in [1.807, 2.05) is 13.8 Å². The van der Waals surface area contributed by atoms with Gasteiger partial charge in [-0.2, -0.15) is 0 Å². The van der Waals surface area contributed by atoms with Gasteiger partial charge in [0.05, 0.1) is 0 Å². The van der Waals surface area contributed by atoms with E-state index in [-0.39, 0.29) is 0 Å². The van der Waals surface area contributed by atoms with Gasteiger partial charge in [-0.05, 0) is 12.8 Å². The van der Waals surface area contributed by atoms with Crippen LogP contribution in [0.3, 0.4) is 0 Å². The maximum absolute atomic E-state index is 10.4. The molecule has 0 unspecified atom stereocenters. The molecule has 0 aromatic carbocycles. The summed E-state index contributed by atoms with van der Waals surface area (Å²) in [6.07, 6.45) is 4.16. The number of carbonyl (C=O) groups is 1. The van der Waals surface area contributed by atoms with Crippen LogP contribution in [0.2, 0.25) is 0 Å². The van der Waals surface area contributed by atoms with Crippen LogP contribution in [-0.2, 0) is 4.79 Å². The first-order valence-corrected chi connectivity index (χ1v) is 3.64. The van der Waals surface area contributed by atoms with E-state index >= 15 is 0 Å². The van der Waals surface area contributed by atoms with Crippen molar-refractivity contribution >= 4 is 5.97 Å². The molecule has 10 heavy (non-hydrogen) atoms. The van der Waals surface area contributed by atoms with Gasteiger partial charge in [-0.15, -0.1) is 0 Å². The number of aliphatic carboxylic acids is 1. The minimum Gasteiger partial charge on any atom is -0.478 e. The molecule has 0 saturated heterocycles. The van der Waals surface area contributed by atoms with E-state index in [1.165, 1.54) is 0 Å². The summed E-state index contributed by atoms with van der Waals surface area (Å²) in [5.74, 6) is -0.774. The molecule has 0 heterocycles. The Bertz CT molecular complexity index is 136. The molecule has 0 atom stereocenters. The zero-order valence-corrected chi connectivity index (χ0v) is 6.55. The third-order valence-electron chi connectivity index (χ3n) is 1.24. The number of hydrogen-bond acceptors (Lipinski definition) is 1. The molecule has 0 aromatic heterocycles. The second-order valence-electron chi connectivity index (χ2n) is 2.19. The van der Waals surface area contributed by atoms with Gasteiger partial charge < -0.3 is 5.11 Å². The lowest BCUT2D eigenvalue weighted by Gasteiger charge is -1.96. The largest absolute Gasteiger partial charge is 0.478 e. The zero-order valence-electron chi connectivity index (χ0n) is 6.55. The minimum absolute atomic E-state index is 0.546. The van der Waals surface area contributed by atoms with E-state index in [2.05, 4.69) is 0 Å². The lowest BCUT2D eigenvalue weighted by atomic mass is 10.1. The topological polar surface area (TPSA) is 37.3 Å². The molecule has 0 aromatic rings. The standard InChI is InChI=1S/C8H14O2/c1-3-5-7(6-4-2)8(9)10/h5H,3-4,6H2,1-2H3,(H,9,10). The smallest absolute Gasteiger partial charge is 0.331 e. The zero-order chi connectivity index (χ0) is 7.98. The number of allylic oxidation sites excluding steroid dienone is 1. The summed E-state index contributed by atoms with van der Waals surface area (Å²) in [6, 6.07) is 0. The Morgan fingerprint density at radius 3 is 2.40 bits per heavy atom. The number of rotatable bonds is 4. The van der Waals surface area contributed by atoms with Crippen molar-refractivity contribution in [3.63, 3.8) is 0 Å². The molecule has 58 valence electrons. The molecular formula is C8H14O2. The number of hydrogen-bond donors (Lipinski definition) is 1. The Morgan fingerprint density at radius 2 is 2.10 bits per heavy atom. The highest BCUT2D eigenvalue weighted by Crippen LogP contribution is 2.05. The molecule has 0 radical (unpaired) electrons. The molecule has 0 bridgehead atoms. The normalized spacial score (nSPS) is 11.6. The van der Waals surface area contributed by atoms with Gasteiger partial charge in [0.2, 0.25) is 0 Å². The fraction of sp³-hybridized carbons (Fsp3) is 0.625. The van der Waals surface area contributed by atoms with Gasteiger partial charge in [0.1, 0.15) is 0 Å². The Morgan fingerprint density at radius 1 is 1.50 bits per heavy atom. The molecule has 0 rings (SSSR count). The molecule has 0 fully saturated rings. The number of carboxylic acids is 1. The van der Waals surface area contributed by atoms with Crippen molar-refractivity contribution in [1.82, 2.24) is 0 Å². The summed E-state index contributed by atoms with van der Waals surface area (Å²) in [5, 5.41) is 8.57. The van der Waals surface area contributed by atoms with Crippen LogP contribution in [0.4, 0.5) is 0 Å². The SMILES string of the molecule is CCC=C(CCC)C(=O)O. The van der Waals surface area contributed by atoms with Gasteiger partial charge in [-0.1, -0.05) is 26.3 Å². The lowest BCUT2D eigenvalue weighted by Crippen LogP contribution is -1.99. The Kier molecular flexibility index (Phi) is 4.63. The third kappa shape index (κ3) is 3.28. The second-order valence-corrected chi connectivity index (χ2v) is 2.19. The van der Waals surface area contributed by atoms with Crippen LogP contribution in [0, 0.1) is 0 Å². The summed E-state index contributed by atoms with van der Waals surface area (Å²) in [4.78, 5) is 10.4. The van der Waals surface area contributed by atoms with Crippen molar-refractivity contribution in [2.75, 3.05) is 0 Å². The Labute approximate surface area is 61.6 Å². The van der Waals surface area contributed by atoms with Crippen LogP contribution < -0.4 is 0 Å². The van der Waals surface area contributed by atoms with Crippen LogP contribution in [-0.4, -0.2) is 11.1 Å². The van der Waals surface area contributed by atoms with Gasteiger partial charge in [-0.25, -0.2) is 4.79 Å². The third-order valence-corrected chi connectivity index (χ3v) is 1.24. The van der Waals surface area contributed by atoms with Crippen LogP contribution in [0.5, 0.6) is 0 Å².